The van der Waals surface area contributed by atoms with Crippen molar-refractivity contribution in [3.05, 3.63) is 283 Å². The van der Waals surface area contributed by atoms with E-state index in [0.717, 1.165) is 126 Å². The molecule has 11 aromatic rings. The molecule has 31 heteroatoms. The van der Waals surface area contributed by atoms with E-state index in [1.807, 2.05) is 103 Å². The molecule has 0 spiro atoms. The Morgan fingerprint density at radius 3 is 1.14 bits per heavy atom. The lowest BCUT2D eigenvalue weighted by molar-refractivity contribution is -0.138. The number of thiazole rings is 3. The Kier molecular flexibility index (Phi) is 50.6. The van der Waals surface area contributed by atoms with Gasteiger partial charge in [-0.05, 0) is 180 Å². The number of hydrogen-bond donors (Lipinski definition) is 5. The van der Waals surface area contributed by atoms with Gasteiger partial charge in [-0.1, -0.05) is 214 Å². The molecular formula is C92H122F11N11O5S4. The number of aromatic nitrogens is 7. The van der Waals surface area contributed by atoms with Gasteiger partial charge in [0.15, 0.2) is 10.3 Å². The Bertz CT molecular complexity index is 4670. The molecule has 16 nitrogen and oxygen atoms in total. The molecule has 0 saturated heterocycles. The van der Waals surface area contributed by atoms with Gasteiger partial charge in [0.05, 0.1) is 54.5 Å². The molecule has 8 N–H and O–H groups in total. The van der Waals surface area contributed by atoms with Crippen LogP contribution in [0.5, 0.6) is 5.75 Å². The lowest BCUT2D eigenvalue weighted by Crippen LogP contribution is -2.21. The van der Waals surface area contributed by atoms with Crippen LogP contribution < -0.4 is 22.5 Å². The fourth-order valence-corrected chi connectivity index (χ4v) is 12.0. The molecular weight excluding hydrogens is 1680 g/mol. The van der Waals surface area contributed by atoms with Crippen LogP contribution in [0.2, 0.25) is 0 Å². The number of hydrogen-bond acceptors (Lipinski definition) is 18. The first-order valence-electron chi connectivity index (χ1n) is 38.6. The molecule has 0 unspecified atom stereocenters. The number of nitrogens with one attached hydrogen (secondary N) is 1. The first-order chi connectivity index (χ1) is 56.4. The number of aryl methyl sites for hydroxylation is 10. The quantitative estimate of drug-likeness (QED) is 0.0673. The highest BCUT2D eigenvalue weighted by atomic mass is 32.1. The van der Waals surface area contributed by atoms with Crippen molar-refractivity contribution in [2.45, 2.75) is 240 Å². The summed E-state index contributed by atoms with van der Waals surface area (Å²) in [4.78, 5) is 60.2. The monoisotopic (exact) mass is 1800 g/mol. The molecule has 5 heterocycles. The molecule has 6 aromatic carbocycles. The summed E-state index contributed by atoms with van der Waals surface area (Å²) in [5.41, 5.74) is 26.3. The van der Waals surface area contributed by atoms with Crippen molar-refractivity contribution in [3.63, 3.8) is 0 Å². The van der Waals surface area contributed by atoms with Gasteiger partial charge in [0.1, 0.15) is 33.9 Å². The zero-order valence-electron chi connectivity index (χ0n) is 73.6. The number of aromatic hydroxyl groups is 1. The van der Waals surface area contributed by atoms with Crippen molar-refractivity contribution in [2.75, 3.05) is 0 Å². The number of amides is 1. The van der Waals surface area contributed by atoms with Gasteiger partial charge in [-0.3, -0.25) is 23.9 Å². The van der Waals surface area contributed by atoms with Crippen LogP contribution in [0.25, 0.3) is 0 Å². The summed E-state index contributed by atoms with van der Waals surface area (Å²) < 4.78 is 139. The number of alkyl halides is 9. The Morgan fingerprint density at radius 2 is 0.870 bits per heavy atom. The summed E-state index contributed by atoms with van der Waals surface area (Å²) in [5.74, 6) is 1.42. The van der Waals surface area contributed by atoms with E-state index in [1.54, 1.807) is 70.2 Å². The fraction of sp³-hybridized carbons (Fsp3) is 0.413. The number of carbonyl (C=O) groups excluding carboxylic acids is 4. The molecule has 0 saturated carbocycles. The topological polar surface area (TPSA) is 261 Å². The Hall–Kier alpha value is -9.63. The lowest BCUT2D eigenvalue weighted by atomic mass is 9.86. The molecule has 1 amide bonds. The first-order valence-corrected chi connectivity index (χ1v) is 41.9. The van der Waals surface area contributed by atoms with E-state index in [0.29, 0.717) is 55.0 Å². The largest absolute Gasteiger partial charge is 0.508 e. The minimum Gasteiger partial charge on any atom is -0.508 e. The zero-order chi connectivity index (χ0) is 93.3. The van der Waals surface area contributed by atoms with Gasteiger partial charge in [0.2, 0.25) is 5.91 Å². The SMILES string of the molecule is C.CC(=O)Cc1ccc(C(C)(C)C)cc1.CC(=O)Cc1ccc(C(F)(F)F)cc1.CC(=O)NCc1ccc(C)cc1.CC(C)(C)C(=O)Cc1ccc(O)cc1.CCc1nc(C(C)(C)C)cs1.CCc1nc(C)c(F)s1.Cc1cc(CN)nn1C.Cc1ccc(C(F)(F)F)cc1.Cc1nc(C)c(F)s1.Cc1nsc(CN)n1.NCc1ccc(C(F)(F)F)cc1. The van der Waals surface area contributed by atoms with Crippen molar-refractivity contribution < 1.29 is 72.6 Å². The molecule has 0 aliphatic rings. The molecule has 0 aliphatic carbocycles. The molecule has 11 rings (SSSR count). The van der Waals surface area contributed by atoms with E-state index in [-0.39, 0.29) is 75.9 Å². The summed E-state index contributed by atoms with van der Waals surface area (Å²) >= 11 is 5.36. The van der Waals surface area contributed by atoms with Gasteiger partial charge >= 0.3 is 18.5 Å². The van der Waals surface area contributed by atoms with Crippen LogP contribution in [-0.4, -0.2) is 62.5 Å². The summed E-state index contributed by atoms with van der Waals surface area (Å²) in [6.07, 6.45) is -9.74. The van der Waals surface area contributed by atoms with Gasteiger partial charge in [-0.25, -0.2) is 19.9 Å². The number of nitrogens with two attached hydrogens (primary N) is 3. The lowest BCUT2D eigenvalue weighted by Gasteiger charge is -2.18. The molecule has 5 aromatic heterocycles. The highest BCUT2D eigenvalue weighted by molar-refractivity contribution is 7.10. The second-order valence-corrected chi connectivity index (χ2v) is 34.7. The van der Waals surface area contributed by atoms with Crippen LogP contribution in [0.4, 0.5) is 48.3 Å². The number of phenolic OH excluding ortho intramolecular Hbond substituents is 1. The van der Waals surface area contributed by atoms with Crippen molar-refractivity contribution in [3.8, 4) is 5.75 Å². The third kappa shape index (κ3) is 48.9. The van der Waals surface area contributed by atoms with Gasteiger partial charge in [-0.2, -0.15) is 57.8 Å². The summed E-state index contributed by atoms with van der Waals surface area (Å²) in [6, 6.07) is 39.6. The van der Waals surface area contributed by atoms with E-state index in [4.69, 9.17) is 22.3 Å². The van der Waals surface area contributed by atoms with E-state index >= 15 is 0 Å². The number of ketones is 3. The number of halogens is 11. The molecule has 0 aliphatic heterocycles. The number of phenols is 1. The highest BCUT2D eigenvalue weighted by Gasteiger charge is 2.32. The van der Waals surface area contributed by atoms with Gasteiger partial charge in [0, 0.05) is 81.3 Å². The Morgan fingerprint density at radius 1 is 0.472 bits per heavy atom. The van der Waals surface area contributed by atoms with Crippen LogP contribution in [0.3, 0.4) is 0 Å². The Balaban J connectivity index is 0.00000134. The van der Waals surface area contributed by atoms with Crippen LogP contribution in [0.15, 0.2) is 157 Å². The summed E-state index contributed by atoms with van der Waals surface area (Å²) in [7, 11) is 1.91. The van der Waals surface area contributed by atoms with Crippen LogP contribution in [-0.2, 0) is 114 Å². The van der Waals surface area contributed by atoms with Crippen molar-refractivity contribution in [1.29, 1.82) is 0 Å². The predicted octanol–water partition coefficient (Wildman–Crippen LogP) is 23.5. The second kappa shape index (κ2) is 54.9. The number of benzene rings is 6. The number of Topliss-reactive ketones (excluding diaryl/α,β-unsaturated/α-hetero) is 3. The fourth-order valence-electron chi connectivity index (χ4n) is 9.14. The summed E-state index contributed by atoms with van der Waals surface area (Å²) in [5, 5.41) is 21.6. The first kappa shape index (κ1) is 113. The zero-order valence-corrected chi connectivity index (χ0v) is 76.9. The molecule has 123 heavy (non-hydrogen) atoms. The van der Waals surface area contributed by atoms with E-state index in [2.05, 4.69) is 101 Å². The number of nitrogens with zero attached hydrogens (tertiary/aromatic N) is 7. The average Bonchev–Trinajstić information content (AvgIpc) is 1.45. The molecule has 0 fully saturated rings. The van der Waals surface area contributed by atoms with Crippen molar-refractivity contribution in [2.24, 2.45) is 29.7 Å². The van der Waals surface area contributed by atoms with Gasteiger partial charge < -0.3 is 27.6 Å². The van der Waals surface area contributed by atoms with Crippen LogP contribution in [0.1, 0.15) is 220 Å². The minimum absolute atomic E-state index is 0. The van der Waals surface area contributed by atoms with E-state index < -0.39 is 35.2 Å². The van der Waals surface area contributed by atoms with Gasteiger partial charge in [-0.15, -0.1) is 11.3 Å². The van der Waals surface area contributed by atoms with E-state index in [9.17, 15) is 67.5 Å². The summed E-state index contributed by atoms with van der Waals surface area (Å²) in [6.45, 7) is 42.3. The number of rotatable bonds is 13. The smallest absolute Gasteiger partial charge is 0.416 e. The molecule has 0 atom stereocenters. The second-order valence-electron chi connectivity index (χ2n) is 30.8. The standard InChI is InChI=1S/C13H18O.C12H16O2.C10H9F3O.C10H13NO.C9H15NS.C8H8F3N.C8H7F3.C6H8FNS.C6H11N3.C5H6FNS.C4H7N3S.CH4/c1-10(14)9-11-5-7-12(8-6-11)13(2,3)4;1-12(2,3)11(14)8-9-4-6-10(13)7-5-9;1-7(14)6-8-2-4-9(5-3-8)10(11,12)13;1-8-3-5-10(6-4-8)7-11-9(2)12;1-5-8-10-7(6-11-8)9(2,3)4;9-8(10,11)7-3-1-6(5-12)2-4-7;1-6-2-4-7(5-3-6)8(9,10)11;1-3-5-8-4(2)6(7)9-5;1-5-3-6(4-7)8-9(5)2;1-3-5(6)8-4(2)7-3;1-3-6-4(2-5)8-7-3;/h5-8H,9H2,1-4H3;4-7,13H,8H2,1-3H3;2-5H,6H2,1H3;3-6H,7H2,1-2H3,(H,11,12);6H,5H2,1-4H3;1-4H,5,12H2;2-5H,1H3;3H2,1-2H3;3H,4,7H2,1-2H3;1-2H3;2,5H2,1H3;1H4. The van der Waals surface area contributed by atoms with Crippen molar-refractivity contribution in [1.82, 2.24) is 39.4 Å². The van der Waals surface area contributed by atoms with E-state index in [1.165, 1.54) is 83.6 Å². The molecule has 0 bridgehead atoms. The minimum atomic E-state index is -4.31. The third-order valence-electron chi connectivity index (χ3n) is 16.4. The van der Waals surface area contributed by atoms with Crippen LogP contribution in [0, 0.1) is 64.1 Å². The van der Waals surface area contributed by atoms with Crippen molar-refractivity contribution >= 4 is 68.8 Å². The average molecular weight is 1800 g/mol. The maximum Gasteiger partial charge on any atom is 0.416 e. The van der Waals surface area contributed by atoms with Gasteiger partial charge in [0.25, 0.3) is 0 Å². The maximum atomic E-state index is 12.5. The highest BCUT2D eigenvalue weighted by Crippen LogP contribution is 2.32. The van der Waals surface area contributed by atoms with Crippen LogP contribution >= 0.6 is 45.5 Å². The number of carbonyl (C=O) groups is 4. The maximum absolute atomic E-state index is 12.5. The predicted molar refractivity (Wildman–Crippen MR) is 479 cm³/mol. The molecule has 0 radical (unpaired) electrons. The molecule has 676 valence electrons. The normalized spacial score (nSPS) is 10.8. The Labute approximate surface area is 735 Å². The third-order valence-corrected chi connectivity index (χ3v) is 20.1.